The van der Waals surface area contributed by atoms with Crippen LogP contribution < -0.4 is 9.47 Å². The van der Waals surface area contributed by atoms with E-state index in [1.807, 2.05) is 19.1 Å². The monoisotopic (exact) mass is 492 g/mol. The number of ether oxygens (including phenoxy) is 2. The van der Waals surface area contributed by atoms with Crippen LogP contribution in [0.5, 0.6) is 11.5 Å². The smallest absolute Gasteiger partial charge is 0.343 e. The number of rotatable bonds is 13. The van der Waals surface area contributed by atoms with E-state index in [2.05, 4.69) is 43.3 Å². The average Bonchev–Trinajstić information content (AvgIpc) is 2.90. The molecule has 0 bridgehead atoms. The molecule has 0 aromatic heterocycles. The molecule has 190 valence electrons. The molecule has 0 saturated carbocycles. The van der Waals surface area contributed by atoms with Gasteiger partial charge in [0.1, 0.15) is 0 Å². The van der Waals surface area contributed by atoms with E-state index in [9.17, 15) is 13.6 Å². The summed E-state index contributed by atoms with van der Waals surface area (Å²) in [6.45, 7) is 4.35. The molecular formula is C31H34F2O3. The van der Waals surface area contributed by atoms with Crippen LogP contribution in [0.2, 0.25) is 0 Å². The third kappa shape index (κ3) is 8.04. The lowest BCUT2D eigenvalue weighted by molar-refractivity contribution is 0.0726. The van der Waals surface area contributed by atoms with E-state index < -0.39 is 23.4 Å². The summed E-state index contributed by atoms with van der Waals surface area (Å²) in [4.78, 5) is 12.4. The SMILES string of the molecule is CCCCCc1ccc(C/C=C\Cc2ccc(C(=O)Oc3ccc(OCCC)c(F)c3F)cc2)cc1. The zero-order valence-corrected chi connectivity index (χ0v) is 21.1. The predicted octanol–water partition coefficient (Wildman–Crippen LogP) is 8.05. The summed E-state index contributed by atoms with van der Waals surface area (Å²) in [5, 5.41) is 0. The lowest BCUT2D eigenvalue weighted by Crippen LogP contribution is -2.10. The van der Waals surface area contributed by atoms with Crippen molar-refractivity contribution in [2.24, 2.45) is 0 Å². The highest BCUT2D eigenvalue weighted by Crippen LogP contribution is 2.28. The Morgan fingerprint density at radius 2 is 1.28 bits per heavy atom. The van der Waals surface area contributed by atoms with Gasteiger partial charge in [-0.3, -0.25) is 0 Å². The molecule has 36 heavy (non-hydrogen) atoms. The largest absolute Gasteiger partial charge is 0.490 e. The molecular weight excluding hydrogens is 458 g/mol. The van der Waals surface area contributed by atoms with Crippen molar-refractivity contribution < 1.29 is 23.0 Å². The molecule has 0 N–H and O–H groups in total. The second-order valence-corrected chi connectivity index (χ2v) is 8.78. The molecule has 0 unspecified atom stereocenters. The van der Waals surface area contributed by atoms with Crippen LogP contribution in [0.3, 0.4) is 0 Å². The zero-order chi connectivity index (χ0) is 25.8. The molecule has 3 nitrogen and oxygen atoms in total. The second-order valence-electron chi connectivity index (χ2n) is 8.78. The van der Waals surface area contributed by atoms with Gasteiger partial charge in [-0.2, -0.15) is 8.78 Å². The maximum atomic E-state index is 14.3. The number of benzene rings is 3. The van der Waals surface area contributed by atoms with Gasteiger partial charge in [-0.1, -0.05) is 75.2 Å². The Kier molecular flexibility index (Phi) is 10.7. The normalized spacial score (nSPS) is 11.1. The van der Waals surface area contributed by atoms with Crippen molar-refractivity contribution in [3.05, 3.63) is 107 Å². The quantitative estimate of drug-likeness (QED) is 0.105. The van der Waals surface area contributed by atoms with Gasteiger partial charge in [0.15, 0.2) is 11.5 Å². The molecule has 0 spiro atoms. The van der Waals surface area contributed by atoms with E-state index in [0.29, 0.717) is 6.42 Å². The van der Waals surface area contributed by atoms with E-state index in [1.54, 1.807) is 12.1 Å². The van der Waals surface area contributed by atoms with Crippen molar-refractivity contribution in [2.45, 2.75) is 58.8 Å². The Morgan fingerprint density at radius 1 is 0.722 bits per heavy atom. The third-order valence-electron chi connectivity index (χ3n) is 5.83. The van der Waals surface area contributed by atoms with E-state index >= 15 is 0 Å². The first-order valence-corrected chi connectivity index (χ1v) is 12.7. The predicted molar refractivity (Wildman–Crippen MR) is 140 cm³/mol. The zero-order valence-electron chi connectivity index (χ0n) is 21.1. The molecule has 0 amide bonds. The van der Waals surface area contributed by atoms with Gasteiger partial charge in [0.25, 0.3) is 0 Å². The van der Waals surface area contributed by atoms with Gasteiger partial charge in [-0.15, -0.1) is 0 Å². The van der Waals surface area contributed by atoms with Crippen LogP contribution in [-0.2, 0) is 19.3 Å². The average molecular weight is 493 g/mol. The van der Waals surface area contributed by atoms with Crippen molar-refractivity contribution in [3.63, 3.8) is 0 Å². The maximum Gasteiger partial charge on any atom is 0.343 e. The van der Waals surface area contributed by atoms with Gasteiger partial charge in [0, 0.05) is 0 Å². The molecule has 3 aromatic rings. The first kappa shape index (κ1) is 27.1. The van der Waals surface area contributed by atoms with Crippen LogP contribution in [0, 0.1) is 11.6 Å². The summed E-state index contributed by atoms with van der Waals surface area (Å²) < 4.78 is 38.6. The summed E-state index contributed by atoms with van der Waals surface area (Å²) in [5.74, 6) is -3.84. The van der Waals surface area contributed by atoms with Crippen molar-refractivity contribution in [1.82, 2.24) is 0 Å². The maximum absolute atomic E-state index is 14.3. The Balaban J connectivity index is 1.49. The summed E-state index contributed by atoms with van der Waals surface area (Å²) in [6, 6.07) is 18.1. The minimum absolute atomic E-state index is 0.203. The highest BCUT2D eigenvalue weighted by Gasteiger charge is 2.18. The van der Waals surface area contributed by atoms with E-state index in [-0.39, 0.29) is 17.9 Å². The van der Waals surface area contributed by atoms with Crippen LogP contribution >= 0.6 is 0 Å². The van der Waals surface area contributed by atoms with Crippen LogP contribution in [-0.4, -0.2) is 12.6 Å². The molecule has 0 saturated heterocycles. The van der Waals surface area contributed by atoms with Gasteiger partial charge in [-0.25, -0.2) is 4.79 Å². The second kappa shape index (κ2) is 14.2. The third-order valence-corrected chi connectivity index (χ3v) is 5.83. The number of allylic oxidation sites excluding steroid dienone is 2. The number of hydrogen-bond acceptors (Lipinski definition) is 3. The number of carbonyl (C=O) groups excluding carboxylic acids is 1. The van der Waals surface area contributed by atoms with Gasteiger partial charge in [0.05, 0.1) is 12.2 Å². The minimum Gasteiger partial charge on any atom is -0.490 e. The lowest BCUT2D eigenvalue weighted by Gasteiger charge is -2.10. The molecule has 0 fully saturated rings. The molecule has 0 aliphatic rings. The molecule has 0 aliphatic heterocycles. The van der Waals surface area contributed by atoms with Crippen LogP contribution in [0.1, 0.15) is 66.6 Å². The minimum atomic E-state index is -1.25. The number of halogens is 2. The fourth-order valence-electron chi connectivity index (χ4n) is 3.71. The Hall–Kier alpha value is -3.47. The fourth-order valence-corrected chi connectivity index (χ4v) is 3.71. The Bertz CT molecular complexity index is 1140. The van der Waals surface area contributed by atoms with Crippen molar-refractivity contribution >= 4 is 5.97 Å². The Labute approximate surface area is 212 Å². The van der Waals surface area contributed by atoms with Crippen molar-refractivity contribution in [3.8, 4) is 11.5 Å². The number of aryl methyl sites for hydroxylation is 1. The molecule has 0 radical (unpaired) electrons. The molecule has 3 aromatic carbocycles. The van der Waals surface area contributed by atoms with Gasteiger partial charge in [-0.05, 0) is 73.1 Å². The van der Waals surface area contributed by atoms with Gasteiger partial charge >= 0.3 is 5.97 Å². The summed E-state index contributed by atoms with van der Waals surface area (Å²) in [5.41, 5.74) is 3.95. The highest BCUT2D eigenvalue weighted by atomic mass is 19.2. The fraction of sp³-hybridized carbons (Fsp3) is 0.323. The summed E-state index contributed by atoms with van der Waals surface area (Å²) in [6.07, 6.45) is 11.4. The summed E-state index contributed by atoms with van der Waals surface area (Å²) >= 11 is 0. The molecule has 0 aliphatic carbocycles. The number of carbonyl (C=O) groups is 1. The topological polar surface area (TPSA) is 35.5 Å². The van der Waals surface area contributed by atoms with E-state index in [0.717, 1.165) is 24.8 Å². The van der Waals surface area contributed by atoms with Crippen molar-refractivity contribution in [1.29, 1.82) is 0 Å². The standard InChI is InChI=1S/C31H34F2O3/c1-3-5-6-9-23-12-14-24(15-13-23)10-7-8-11-25-16-18-26(19-17-25)31(34)36-28-21-20-27(35-22-4-2)29(32)30(28)33/h7-8,12-21H,3-6,9-11,22H2,1-2H3/b8-7-. The first-order valence-electron chi connectivity index (χ1n) is 12.7. The number of hydrogen-bond donors (Lipinski definition) is 0. The molecule has 0 heterocycles. The molecule has 5 heteroatoms. The van der Waals surface area contributed by atoms with Crippen molar-refractivity contribution in [2.75, 3.05) is 6.61 Å². The first-order chi connectivity index (χ1) is 17.5. The lowest BCUT2D eigenvalue weighted by atomic mass is 10.0. The highest BCUT2D eigenvalue weighted by molar-refractivity contribution is 5.91. The van der Waals surface area contributed by atoms with E-state index in [4.69, 9.17) is 9.47 Å². The van der Waals surface area contributed by atoms with Crippen LogP contribution in [0.4, 0.5) is 8.78 Å². The summed E-state index contributed by atoms with van der Waals surface area (Å²) in [7, 11) is 0. The molecule has 0 atom stereocenters. The number of unbranched alkanes of at least 4 members (excludes halogenated alkanes) is 2. The van der Waals surface area contributed by atoms with Crippen LogP contribution in [0.15, 0.2) is 72.8 Å². The Morgan fingerprint density at radius 3 is 1.89 bits per heavy atom. The van der Waals surface area contributed by atoms with E-state index in [1.165, 1.54) is 42.5 Å². The van der Waals surface area contributed by atoms with Gasteiger partial charge in [0.2, 0.25) is 11.6 Å². The van der Waals surface area contributed by atoms with Crippen LogP contribution in [0.25, 0.3) is 0 Å². The number of esters is 1. The van der Waals surface area contributed by atoms with Gasteiger partial charge < -0.3 is 9.47 Å². The molecule has 3 rings (SSSR count).